The van der Waals surface area contributed by atoms with Crippen LogP contribution < -0.4 is 10.2 Å². The summed E-state index contributed by atoms with van der Waals surface area (Å²) in [7, 11) is 0. The van der Waals surface area contributed by atoms with E-state index in [-0.39, 0.29) is 18.4 Å². The maximum atomic E-state index is 13.5. The summed E-state index contributed by atoms with van der Waals surface area (Å²) in [6, 6.07) is 19.5. The van der Waals surface area contributed by atoms with E-state index in [9.17, 15) is 9.59 Å². The van der Waals surface area contributed by atoms with Crippen LogP contribution in [0.4, 0.5) is 5.69 Å². The fourth-order valence-corrected chi connectivity index (χ4v) is 4.27. The number of hydrogen-bond acceptors (Lipinski definition) is 6. The van der Waals surface area contributed by atoms with Crippen LogP contribution in [-0.2, 0) is 22.7 Å². The molecular formula is C24H23ClN6O2S. The lowest BCUT2D eigenvalue weighted by Crippen LogP contribution is -2.50. The van der Waals surface area contributed by atoms with E-state index >= 15 is 0 Å². The van der Waals surface area contributed by atoms with Crippen molar-refractivity contribution in [1.29, 1.82) is 0 Å². The third kappa shape index (κ3) is 5.67. The van der Waals surface area contributed by atoms with Gasteiger partial charge in [-0.3, -0.25) is 14.5 Å². The fourth-order valence-electron chi connectivity index (χ4n) is 3.50. The van der Waals surface area contributed by atoms with Gasteiger partial charge in [0, 0.05) is 17.3 Å². The molecule has 0 fully saturated rings. The fraction of sp³-hybridized carbons (Fsp3) is 0.208. The molecule has 4 rings (SSSR count). The van der Waals surface area contributed by atoms with E-state index in [0.29, 0.717) is 29.5 Å². The Labute approximate surface area is 206 Å². The van der Waals surface area contributed by atoms with Gasteiger partial charge >= 0.3 is 0 Å². The molecule has 4 aromatic rings. The summed E-state index contributed by atoms with van der Waals surface area (Å²) in [5, 5.41) is 17.8. The first-order valence-electron chi connectivity index (χ1n) is 10.8. The summed E-state index contributed by atoms with van der Waals surface area (Å²) in [6.07, 6.45) is 0.417. The number of halogens is 1. The summed E-state index contributed by atoms with van der Waals surface area (Å²) in [4.78, 5) is 30.2. The van der Waals surface area contributed by atoms with Gasteiger partial charge in [0.25, 0.3) is 5.91 Å². The Morgan fingerprint density at radius 1 is 1.09 bits per heavy atom. The molecule has 2 aromatic carbocycles. The number of amides is 2. The largest absolute Gasteiger partial charge is 0.350 e. The van der Waals surface area contributed by atoms with Crippen molar-refractivity contribution < 1.29 is 9.59 Å². The predicted molar refractivity (Wildman–Crippen MR) is 132 cm³/mol. The van der Waals surface area contributed by atoms with Crippen molar-refractivity contribution in [3.8, 4) is 10.7 Å². The monoisotopic (exact) mass is 494 g/mol. The second-order valence-electron chi connectivity index (χ2n) is 7.49. The third-order valence-electron chi connectivity index (χ3n) is 5.16. The Balaban J connectivity index is 1.55. The van der Waals surface area contributed by atoms with E-state index in [1.165, 1.54) is 21.0 Å². The van der Waals surface area contributed by atoms with Crippen molar-refractivity contribution in [2.45, 2.75) is 32.5 Å². The molecule has 1 N–H and O–H groups in total. The quantitative estimate of drug-likeness (QED) is 0.376. The number of tetrazole rings is 1. The highest BCUT2D eigenvalue weighted by Gasteiger charge is 2.30. The normalized spacial score (nSPS) is 11.7. The summed E-state index contributed by atoms with van der Waals surface area (Å²) < 4.78 is 0. The summed E-state index contributed by atoms with van der Waals surface area (Å²) in [5.41, 5.74) is 1.54. The van der Waals surface area contributed by atoms with Crippen LogP contribution in [0, 0.1) is 0 Å². The van der Waals surface area contributed by atoms with E-state index < -0.39 is 6.04 Å². The Bertz CT molecular complexity index is 1230. The van der Waals surface area contributed by atoms with Gasteiger partial charge in [-0.25, -0.2) is 0 Å². The number of carbonyl (C=O) groups excluding carboxylic acids is 2. The van der Waals surface area contributed by atoms with Gasteiger partial charge in [-0.05, 0) is 52.9 Å². The van der Waals surface area contributed by atoms with Crippen LogP contribution in [0.25, 0.3) is 10.7 Å². The second kappa shape index (κ2) is 11.0. The van der Waals surface area contributed by atoms with Crippen molar-refractivity contribution in [2.75, 3.05) is 4.90 Å². The first-order valence-corrected chi connectivity index (χ1v) is 12.0. The Morgan fingerprint density at radius 2 is 1.85 bits per heavy atom. The van der Waals surface area contributed by atoms with Crippen LogP contribution in [0.5, 0.6) is 0 Å². The molecule has 0 aliphatic rings. The van der Waals surface area contributed by atoms with Gasteiger partial charge in [-0.2, -0.15) is 4.80 Å². The topological polar surface area (TPSA) is 93.0 Å². The molecule has 0 aliphatic carbocycles. The number of nitrogens with zero attached hydrogens (tertiary/aromatic N) is 5. The number of anilines is 1. The molecule has 2 aromatic heterocycles. The van der Waals surface area contributed by atoms with Gasteiger partial charge in [0.2, 0.25) is 11.7 Å². The van der Waals surface area contributed by atoms with E-state index in [2.05, 4.69) is 20.7 Å². The first-order chi connectivity index (χ1) is 16.5. The molecule has 8 nitrogen and oxygen atoms in total. The van der Waals surface area contributed by atoms with Gasteiger partial charge in [0.15, 0.2) is 0 Å². The van der Waals surface area contributed by atoms with Crippen molar-refractivity contribution in [3.63, 3.8) is 0 Å². The van der Waals surface area contributed by atoms with Crippen molar-refractivity contribution in [2.24, 2.45) is 0 Å². The van der Waals surface area contributed by atoms with E-state index in [0.717, 1.165) is 10.4 Å². The average molecular weight is 495 g/mol. The van der Waals surface area contributed by atoms with Crippen LogP contribution in [0.2, 0.25) is 5.02 Å². The molecule has 0 bridgehead atoms. The summed E-state index contributed by atoms with van der Waals surface area (Å²) >= 11 is 7.55. The summed E-state index contributed by atoms with van der Waals surface area (Å²) in [6.45, 7) is 2.07. The molecule has 1 unspecified atom stereocenters. The molecule has 34 heavy (non-hydrogen) atoms. The zero-order chi connectivity index (χ0) is 23.9. The van der Waals surface area contributed by atoms with Crippen LogP contribution in [-0.4, -0.2) is 38.1 Å². The Morgan fingerprint density at radius 3 is 2.53 bits per heavy atom. The molecule has 0 radical (unpaired) electrons. The van der Waals surface area contributed by atoms with Crippen LogP contribution >= 0.6 is 22.9 Å². The number of aromatic nitrogens is 4. The number of rotatable bonds is 9. The van der Waals surface area contributed by atoms with Crippen LogP contribution in [0.15, 0.2) is 72.1 Å². The Kier molecular flexibility index (Phi) is 7.66. The molecule has 0 saturated heterocycles. The molecule has 0 spiro atoms. The maximum absolute atomic E-state index is 13.5. The highest BCUT2D eigenvalue weighted by Crippen LogP contribution is 2.23. The van der Waals surface area contributed by atoms with Gasteiger partial charge < -0.3 is 5.32 Å². The van der Waals surface area contributed by atoms with E-state index in [1.807, 2.05) is 54.8 Å². The molecular weight excluding hydrogens is 472 g/mol. The molecule has 174 valence electrons. The molecule has 2 amide bonds. The van der Waals surface area contributed by atoms with Gasteiger partial charge in [0.1, 0.15) is 12.6 Å². The first kappa shape index (κ1) is 23.6. The molecule has 1 atom stereocenters. The van der Waals surface area contributed by atoms with Crippen molar-refractivity contribution in [3.05, 3.63) is 82.7 Å². The van der Waals surface area contributed by atoms with Gasteiger partial charge in [-0.1, -0.05) is 54.9 Å². The lowest BCUT2D eigenvalue weighted by Gasteiger charge is -2.30. The molecule has 10 heteroatoms. The van der Waals surface area contributed by atoms with Gasteiger partial charge in [-0.15, -0.1) is 21.5 Å². The zero-order valence-electron chi connectivity index (χ0n) is 18.5. The molecule has 0 saturated carbocycles. The number of hydrogen-bond donors (Lipinski definition) is 1. The second-order valence-corrected chi connectivity index (χ2v) is 8.87. The maximum Gasteiger partial charge on any atom is 0.251 e. The standard InChI is InChI=1S/C24H23ClN6O2S/c1-2-20(24(33)26-15-17-7-4-3-5-8-17)31(19-12-10-18(25)11-13-19)22(32)16-30-28-23(27-29-30)21-9-6-14-34-21/h3-14,20H,2,15-16H2,1H3,(H,26,33). The lowest BCUT2D eigenvalue weighted by molar-refractivity contribution is -0.127. The Hall–Kier alpha value is -3.56. The van der Waals surface area contributed by atoms with Gasteiger partial charge in [0.05, 0.1) is 4.88 Å². The highest BCUT2D eigenvalue weighted by molar-refractivity contribution is 7.13. The lowest BCUT2D eigenvalue weighted by atomic mass is 10.1. The summed E-state index contributed by atoms with van der Waals surface area (Å²) in [5.74, 6) is -0.131. The third-order valence-corrected chi connectivity index (χ3v) is 6.27. The van der Waals surface area contributed by atoms with Crippen molar-refractivity contribution >= 4 is 40.4 Å². The number of thiophene rings is 1. The SMILES string of the molecule is CCC(C(=O)NCc1ccccc1)N(C(=O)Cn1nnc(-c2cccs2)n1)c1ccc(Cl)cc1. The predicted octanol–water partition coefficient (Wildman–Crippen LogP) is 4.18. The minimum Gasteiger partial charge on any atom is -0.350 e. The highest BCUT2D eigenvalue weighted by atomic mass is 35.5. The van der Waals surface area contributed by atoms with Crippen LogP contribution in [0.1, 0.15) is 18.9 Å². The number of benzene rings is 2. The number of nitrogens with one attached hydrogen (secondary N) is 1. The number of carbonyl (C=O) groups is 2. The minimum atomic E-state index is -0.724. The zero-order valence-corrected chi connectivity index (χ0v) is 20.0. The van der Waals surface area contributed by atoms with E-state index in [1.54, 1.807) is 24.3 Å². The molecule has 0 aliphatic heterocycles. The molecule has 2 heterocycles. The smallest absolute Gasteiger partial charge is 0.251 e. The van der Waals surface area contributed by atoms with Crippen molar-refractivity contribution in [1.82, 2.24) is 25.5 Å². The van der Waals surface area contributed by atoms with Crippen LogP contribution in [0.3, 0.4) is 0 Å². The van der Waals surface area contributed by atoms with E-state index in [4.69, 9.17) is 11.6 Å². The average Bonchev–Trinajstić information content (AvgIpc) is 3.54. The minimum absolute atomic E-state index is 0.163.